The van der Waals surface area contributed by atoms with Crippen molar-refractivity contribution in [3.8, 4) is 0 Å². The molecule has 7 N–H and O–H groups in total. The predicted octanol–water partition coefficient (Wildman–Crippen LogP) is 6.15. The normalized spacial score (nSPS) is 26.9. The first kappa shape index (κ1) is 57.8. The Hall–Kier alpha value is -2.28. The number of hydrogen-bond acceptors (Lipinski definition) is 15. The number of unbranched alkanes of at least 4 members (excludes halogenated alkanes) is 17. The van der Waals surface area contributed by atoms with Gasteiger partial charge in [-0.05, 0) is 44.9 Å². The van der Waals surface area contributed by atoms with Crippen molar-refractivity contribution in [1.29, 1.82) is 0 Å². The number of allylic oxidation sites excluding steroid dienone is 6. The minimum absolute atomic E-state index is 0.147. The van der Waals surface area contributed by atoms with Gasteiger partial charge < -0.3 is 64.2 Å². The number of rotatable bonds is 37. The summed E-state index contributed by atoms with van der Waals surface area (Å²) in [6, 6.07) is 0. The van der Waals surface area contributed by atoms with E-state index in [0.29, 0.717) is 12.8 Å². The van der Waals surface area contributed by atoms with Crippen molar-refractivity contribution in [1.82, 2.24) is 0 Å². The highest BCUT2D eigenvalue weighted by molar-refractivity contribution is 5.70. The van der Waals surface area contributed by atoms with Crippen LogP contribution in [-0.4, -0.2) is 142 Å². The first-order valence-electron chi connectivity index (χ1n) is 24.6. The van der Waals surface area contributed by atoms with Crippen LogP contribution in [0.25, 0.3) is 0 Å². The van der Waals surface area contributed by atoms with Crippen LogP contribution in [0.5, 0.6) is 0 Å². The minimum atomic E-state index is -1.77. The fraction of sp³-hybridized carbons (Fsp3) is 0.837. The molecule has 11 unspecified atom stereocenters. The number of aliphatic hydroxyl groups is 7. The fourth-order valence-corrected chi connectivity index (χ4v) is 7.58. The molecule has 0 spiro atoms. The molecule has 0 radical (unpaired) electrons. The lowest BCUT2D eigenvalue weighted by Gasteiger charge is -2.42. The monoisotopic (exact) mass is 915 g/mol. The number of carbonyl (C=O) groups is 2. The lowest BCUT2D eigenvalue weighted by atomic mass is 9.98. The van der Waals surface area contributed by atoms with Gasteiger partial charge >= 0.3 is 11.9 Å². The van der Waals surface area contributed by atoms with Crippen LogP contribution in [0.3, 0.4) is 0 Å². The zero-order valence-electron chi connectivity index (χ0n) is 39.0. The Balaban J connectivity index is 1.84. The fourth-order valence-electron chi connectivity index (χ4n) is 7.58. The molecule has 0 amide bonds. The molecule has 11 atom stereocenters. The topological polar surface area (TPSA) is 231 Å². The maximum atomic E-state index is 13.0. The number of aliphatic hydroxyl groups excluding tert-OH is 7. The number of hydrogen-bond donors (Lipinski definition) is 7. The van der Waals surface area contributed by atoms with Gasteiger partial charge in [-0.3, -0.25) is 9.59 Å². The molecule has 0 aliphatic carbocycles. The van der Waals surface area contributed by atoms with Gasteiger partial charge in [-0.25, -0.2) is 0 Å². The van der Waals surface area contributed by atoms with Gasteiger partial charge in [-0.15, -0.1) is 0 Å². The van der Waals surface area contributed by atoms with Crippen molar-refractivity contribution in [3.63, 3.8) is 0 Å². The third-order valence-corrected chi connectivity index (χ3v) is 11.6. The third-order valence-electron chi connectivity index (χ3n) is 11.6. The summed E-state index contributed by atoms with van der Waals surface area (Å²) in [6.45, 7) is 2.45. The minimum Gasteiger partial charge on any atom is -0.462 e. The van der Waals surface area contributed by atoms with Crippen molar-refractivity contribution in [2.75, 3.05) is 26.4 Å². The molecule has 2 aliphatic rings. The summed E-state index contributed by atoms with van der Waals surface area (Å²) < 4.78 is 33.5. The molecule has 64 heavy (non-hydrogen) atoms. The Morgan fingerprint density at radius 2 is 0.984 bits per heavy atom. The molecular formula is C49H86O15. The summed E-state index contributed by atoms with van der Waals surface area (Å²) in [7, 11) is 0. The first-order chi connectivity index (χ1) is 31.0. The number of carbonyl (C=O) groups excluding carboxylic acids is 2. The van der Waals surface area contributed by atoms with Crippen LogP contribution in [0.15, 0.2) is 36.5 Å². The van der Waals surface area contributed by atoms with Crippen LogP contribution in [0.2, 0.25) is 0 Å². The molecule has 2 aliphatic heterocycles. The number of ether oxygens (including phenoxy) is 6. The maximum Gasteiger partial charge on any atom is 0.306 e. The molecule has 0 aromatic rings. The van der Waals surface area contributed by atoms with Crippen LogP contribution in [0.4, 0.5) is 0 Å². The van der Waals surface area contributed by atoms with Gasteiger partial charge in [0.05, 0.1) is 19.8 Å². The van der Waals surface area contributed by atoms with Gasteiger partial charge in [-0.2, -0.15) is 0 Å². The molecule has 0 saturated carbocycles. The highest BCUT2D eigenvalue weighted by Gasteiger charge is 2.47. The molecule has 15 nitrogen and oxygen atoms in total. The zero-order chi connectivity index (χ0) is 46.8. The van der Waals surface area contributed by atoms with E-state index in [9.17, 15) is 45.3 Å². The second-order valence-corrected chi connectivity index (χ2v) is 17.3. The summed E-state index contributed by atoms with van der Waals surface area (Å²) >= 11 is 0. The standard InChI is InChI=1S/C49H86O15/c1-3-5-7-9-11-13-15-17-18-20-22-24-26-28-30-32-41(52)62-37(34-59-40(51)31-29-27-25-23-21-19-16-14-12-10-8-6-4-2)35-60-48-47(58)45(56)43(54)39(64-48)36-61-49-46(57)44(55)42(53)38(33-50)63-49/h5,7,11,13,17-18,37-39,42-50,53-58H,3-4,6,8-10,12,14-16,19-36H2,1-2H3. The molecule has 0 aromatic heterocycles. The van der Waals surface area contributed by atoms with Gasteiger partial charge in [0.25, 0.3) is 0 Å². The second kappa shape index (κ2) is 36.8. The summed E-state index contributed by atoms with van der Waals surface area (Å²) in [5.74, 6) is -0.943. The van der Waals surface area contributed by atoms with E-state index >= 15 is 0 Å². The molecule has 15 heteroatoms. The van der Waals surface area contributed by atoms with E-state index in [-0.39, 0.29) is 26.1 Å². The van der Waals surface area contributed by atoms with Gasteiger partial charge in [0.1, 0.15) is 55.4 Å². The molecule has 2 rings (SSSR count). The summed E-state index contributed by atoms with van der Waals surface area (Å²) in [5.41, 5.74) is 0. The average Bonchev–Trinajstić information content (AvgIpc) is 3.29. The largest absolute Gasteiger partial charge is 0.462 e. The first-order valence-corrected chi connectivity index (χ1v) is 24.6. The van der Waals surface area contributed by atoms with Crippen LogP contribution in [0, 0.1) is 0 Å². The van der Waals surface area contributed by atoms with Crippen LogP contribution in [0.1, 0.15) is 168 Å². The van der Waals surface area contributed by atoms with Crippen molar-refractivity contribution in [2.45, 2.75) is 235 Å². The van der Waals surface area contributed by atoms with Crippen LogP contribution < -0.4 is 0 Å². The van der Waals surface area contributed by atoms with E-state index in [0.717, 1.165) is 70.6 Å². The highest BCUT2D eigenvalue weighted by Crippen LogP contribution is 2.26. The summed E-state index contributed by atoms with van der Waals surface area (Å²) in [6.07, 6.45) is 20.3. The molecule has 2 fully saturated rings. The van der Waals surface area contributed by atoms with E-state index in [1.807, 2.05) is 0 Å². The average molecular weight is 915 g/mol. The van der Waals surface area contributed by atoms with Gasteiger partial charge in [-0.1, -0.05) is 147 Å². The summed E-state index contributed by atoms with van der Waals surface area (Å²) in [4.78, 5) is 25.7. The molecule has 0 bridgehead atoms. The van der Waals surface area contributed by atoms with Crippen molar-refractivity contribution >= 4 is 11.9 Å². The van der Waals surface area contributed by atoms with Gasteiger partial charge in [0.15, 0.2) is 18.7 Å². The molecule has 0 aromatic carbocycles. The smallest absolute Gasteiger partial charge is 0.306 e. The van der Waals surface area contributed by atoms with Crippen LogP contribution in [-0.2, 0) is 38.0 Å². The van der Waals surface area contributed by atoms with Crippen molar-refractivity contribution in [2.24, 2.45) is 0 Å². The SMILES string of the molecule is CCC=CCC=CCC=CCCCCCCCC(=O)OC(COC(=O)CCCCCCCCCCCCCCC)COC1OC(COC2OC(CO)C(O)C(O)C2O)C(O)C(O)C1O. The van der Waals surface area contributed by atoms with E-state index in [1.165, 1.54) is 57.8 Å². The predicted molar refractivity (Wildman–Crippen MR) is 243 cm³/mol. The summed E-state index contributed by atoms with van der Waals surface area (Å²) in [5, 5.41) is 72.0. The van der Waals surface area contributed by atoms with Crippen molar-refractivity contribution in [3.05, 3.63) is 36.5 Å². The number of esters is 2. The van der Waals surface area contributed by atoms with Gasteiger partial charge in [0.2, 0.25) is 0 Å². The Bertz CT molecular complexity index is 1260. The molecular weight excluding hydrogens is 829 g/mol. The quantitative estimate of drug-likeness (QED) is 0.0211. The van der Waals surface area contributed by atoms with E-state index in [4.69, 9.17) is 28.4 Å². The Morgan fingerprint density at radius 3 is 1.55 bits per heavy atom. The second-order valence-electron chi connectivity index (χ2n) is 17.3. The van der Waals surface area contributed by atoms with Crippen molar-refractivity contribution < 1.29 is 73.8 Å². The highest BCUT2D eigenvalue weighted by atomic mass is 16.7. The van der Waals surface area contributed by atoms with E-state index < -0.39 is 92.7 Å². The zero-order valence-corrected chi connectivity index (χ0v) is 39.0. The van der Waals surface area contributed by atoms with Crippen LogP contribution >= 0.6 is 0 Å². The van der Waals surface area contributed by atoms with E-state index in [2.05, 4.69) is 50.3 Å². The maximum absolute atomic E-state index is 13.0. The lowest BCUT2D eigenvalue weighted by Crippen LogP contribution is -2.61. The van der Waals surface area contributed by atoms with E-state index in [1.54, 1.807) is 0 Å². The Morgan fingerprint density at radius 1 is 0.516 bits per heavy atom. The Kier molecular flexibility index (Phi) is 33.3. The third kappa shape index (κ3) is 25.0. The lowest BCUT2D eigenvalue weighted by molar-refractivity contribution is -0.332. The molecule has 2 heterocycles. The Labute approximate surface area is 383 Å². The molecule has 2 saturated heterocycles. The molecule has 372 valence electrons. The van der Waals surface area contributed by atoms with Gasteiger partial charge in [0, 0.05) is 12.8 Å².